The first kappa shape index (κ1) is 17.4. The average molecular weight is 346 g/mol. The summed E-state index contributed by atoms with van der Waals surface area (Å²) in [6.07, 6.45) is 7.30. The van der Waals surface area contributed by atoms with Crippen molar-refractivity contribution in [2.24, 2.45) is 5.92 Å². The van der Waals surface area contributed by atoms with E-state index in [1.54, 1.807) is 0 Å². The molecule has 0 bridgehead atoms. The van der Waals surface area contributed by atoms with Crippen molar-refractivity contribution in [2.75, 3.05) is 13.2 Å². The number of hydrogen-bond donors (Lipinski definition) is 0. The summed E-state index contributed by atoms with van der Waals surface area (Å²) in [4.78, 5) is 35.8. The normalized spacial score (nSPS) is 22.8. The third-order valence-corrected chi connectivity index (χ3v) is 5.23. The van der Waals surface area contributed by atoms with Gasteiger partial charge in [0.1, 0.15) is 6.29 Å². The standard InChI is InChI=1S/C18H22N2O5/c21-11-13-7-8-17(16(10-13)20(23)24)25-12-18(22)19-9-3-5-14-4-1-2-6-15(14)19/h7-8,10-11,14-15H,1-6,9,12H2/t14-,15-/m1/s1. The van der Waals surface area contributed by atoms with E-state index in [2.05, 4.69) is 0 Å². The van der Waals surface area contributed by atoms with E-state index in [1.807, 2.05) is 4.90 Å². The lowest BCUT2D eigenvalue weighted by Gasteiger charge is -2.44. The predicted octanol–water partition coefficient (Wildman–Crippen LogP) is 2.97. The second kappa shape index (κ2) is 7.63. The molecule has 2 fully saturated rings. The van der Waals surface area contributed by atoms with Crippen LogP contribution in [0.4, 0.5) is 5.69 Å². The summed E-state index contributed by atoms with van der Waals surface area (Å²) in [6.45, 7) is 0.514. The molecule has 1 aliphatic carbocycles. The number of aldehydes is 1. The lowest BCUT2D eigenvalue weighted by atomic mass is 9.78. The molecule has 1 aromatic carbocycles. The predicted molar refractivity (Wildman–Crippen MR) is 90.7 cm³/mol. The molecule has 0 radical (unpaired) electrons. The van der Waals surface area contributed by atoms with Gasteiger partial charge in [-0.2, -0.15) is 0 Å². The monoisotopic (exact) mass is 346 g/mol. The number of rotatable bonds is 5. The van der Waals surface area contributed by atoms with Gasteiger partial charge in [-0.3, -0.25) is 19.7 Å². The zero-order valence-electron chi connectivity index (χ0n) is 14.1. The van der Waals surface area contributed by atoms with Crippen molar-refractivity contribution < 1.29 is 19.2 Å². The van der Waals surface area contributed by atoms with Crippen LogP contribution < -0.4 is 4.74 Å². The molecule has 1 aromatic rings. The summed E-state index contributed by atoms with van der Waals surface area (Å²) in [5, 5.41) is 11.1. The minimum atomic E-state index is -0.606. The molecule has 3 rings (SSSR count). The Labute approximate surface area is 146 Å². The maximum Gasteiger partial charge on any atom is 0.311 e. The van der Waals surface area contributed by atoms with E-state index >= 15 is 0 Å². The first-order valence-corrected chi connectivity index (χ1v) is 8.76. The molecule has 2 aliphatic rings. The second-order valence-electron chi connectivity index (χ2n) is 6.73. The first-order chi connectivity index (χ1) is 12.1. The number of carbonyl (C=O) groups excluding carboxylic acids is 2. The fourth-order valence-corrected chi connectivity index (χ4v) is 4.03. The Kier molecular flexibility index (Phi) is 5.31. The van der Waals surface area contributed by atoms with Crippen molar-refractivity contribution in [2.45, 2.75) is 44.6 Å². The van der Waals surface area contributed by atoms with Crippen molar-refractivity contribution >= 4 is 17.9 Å². The molecule has 0 unspecified atom stereocenters. The van der Waals surface area contributed by atoms with Crippen molar-refractivity contribution in [3.63, 3.8) is 0 Å². The van der Waals surface area contributed by atoms with Gasteiger partial charge < -0.3 is 9.64 Å². The number of fused-ring (bicyclic) bond motifs is 1. The van der Waals surface area contributed by atoms with Crippen LogP contribution >= 0.6 is 0 Å². The van der Waals surface area contributed by atoms with Crippen molar-refractivity contribution in [3.05, 3.63) is 33.9 Å². The minimum Gasteiger partial charge on any atom is -0.477 e. The highest BCUT2D eigenvalue weighted by Gasteiger charge is 2.35. The van der Waals surface area contributed by atoms with Crippen LogP contribution in [0.2, 0.25) is 0 Å². The van der Waals surface area contributed by atoms with Gasteiger partial charge in [-0.1, -0.05) is 12.8 Å². The number of amides is 1. The molecule has 7 heteroatoms. The highest BCUT2D eigenvalue weighted by molar-refractivity contribution is 5.79. The Morgan fingerprint density at radius 3 is 2.80 bits per heavy atom. The van der Waals surface area contributed by atoms with Gasteiger partial charge in [0.15, 0.2) is 12.4 Å². The van der Waals surface area contributed by atoms with E-state index in [0.717, 1.165) is 31.9 Å². The zero-order valence-corrected chi connectivity index (χ0v) is 14.1. The smallest absolute Gasteiger partial charge is 0.311 e. The molecule has 1 saturated carbocycles. The van der Waals surface area contributed by atoms with Gasteiger partial charge in [0.05, 0.1) is 4.92 Å². The molecule has 1 saturated heterocycles. The van der Waals surface area contributed by atoms with Crippen LogP contribution in [0, 0.1) is 16.0 Å². The van der Waals surface area contributed by atoms with E-state index in [1.165, 1.54) is 31.4 Å². The Morgan fingerprint density at radius 2 is 2.04 bits per heavy atom. The highest BCUT2D eigenvalue weighted by Crippen LogP contribution is 2.35. The van der Waals surface area contributed by atoms with Gasteiger partial charge in [0, 0.05) is 24.2 Å². The number of likely N-dealkylation sites (tertiary alicyclic amines) is 1. The summed E-state index contributed by atoms with van der Waals surface area (Å²) in [7, 11) is 0. The van der Waals surface area contributed by atoms with Crippen LogP contribution in [0.15, 0.2) is 18.2 Å². The first-order valence-electron chi connectivity index (χ1n) is 8.76. The van der Waals surface area contributed by atoms with Gasteiger partial charge >= 0.3 is 5.69 Å². The van der Waals surface area contributed by atoms with Crippen LogP contribution in [0.1, 0.15) is 48.9 Å². The van der Waals surface area contributed by atoms with Crippen LogP contribution in [0.5, 0.6) is 5.75 Å². The molecule has 134 valence electrons. The van der Waals surface area contributed by atoms with E-state index in [9.17, 15) is 19.7 Å². The van der Waals surface area contributed by atoms with Crippen LogP contribution in [0.3, 0.4) is 0 Å². The van der Waals surface area contributed by atoms with Gasteiger partial charge in [0.2, 0.25) is 0 Å². The van der Waals surface area contributed by atoms with Crippen molar-refractivity contribution in [1.29, 1.82) is 0 Å². The number of hydrogen-bond acceptors (Lipinski definition) is 5. The van der Waals surface area contributed by atoms with E-state index < -0.39 is 4.92 Å². The Hall–Kier alpha value is -2.44. The second-order valence-corrected chi connectivity index (χ2v) is 6.73. The van der Waals surface area contributed by atoms with Gasteiger partial charge in [0.25, 0.3) is 5.91 Å². The SMILES string of the molecule is O=Cc1ccc(OCC(=O)N2CCC[C@H]3CCCC[C@H]32)c([N+](=O)[O-])c1. The van der Waals surface area contributed by atoms with Crippen LogP contribution in [-0.4, -0.2) is 41.2 Å². The van der Waals surface area contributed by atoms with E-state index in [-0.39, 0.29) is 35.6 Å². The molecular formula is C18H22N2O5. The fraction of sp³-hybridized carbons (Fsp3) is 0.556. The fourth-order valence-electron chi connectivity index (χ4n) is 4.03. The Balaban J connectivity index is 1.67. The van der Waals surface area contributed by atoms with Gasteiger partial charge in [-0.05, 0) is 43.7 Å². The summed E-state index contributed by atoms with van der Waals surface area (Å²) in [5.41, 5.74) is -0.0990. The number of piperidine rings is 1. The Bertz CT molecular complexity index is 673. The summed E-state index contributed by atoms with van der Waals surface area (Å²) in [5.74, 6) is 0.471. The van der Waals surface area contributed by atoms with Gasteiger partial charge in [-0.15, -0.1) is 0 Å². The number of carbonyl (C=O) groups is 2. The van der Waals surface area contributed by atoms with Crippen LogP contribution in [0.25, 0.3) is 0 Å². The summed E-state index contributed by atoms with van der Waals surface area (Å²) >= 11 is 0. The summed E-state index contributed by atoms with van der Waals surface area (Å²) < 4.78 is 5.44. The maximum atomic E-state index is 12.6. The van der Waals surface area contributed by atoms with Gasteiger partial charge in [-0.25, -0.2) is 0 Å². The average Bonchev–Trinajstić information content (AvgIpc) is 2.65. The van der Waals surface area contributed by atoms with Crippen molar-refractivity contribution in [3.8, 4) is 5.75 Å². The lowest BCUT2D eigenvalue weighted by Crippen LogP contribution is -2.51. The number of benzene rings is 1. The van der Waals surface area contributed by atoms with E-state index in [4.69, 9.17) is 4.74 Å². The molecule has 0 aromatic heterocycles. The number of ether oxygens (including phenoxy) is 1. The quantitative estimate of drug-likeness (QED) is 0.464. The topological polar surface area (TPSA) is 89.8 Å². The molecule has 0 N–H and O–H groups in total. The molecule has 1 heterocycles. The summed E-state index contributed by atoms with van der Waals surface area (Å²) in [6, 6.07) is 4.25. The molecule has 7 nitrogen and oxygen atoms in total. The third-order valence-electron chi connectivity index (χ3n) is 5.23. The minimum absolute atomic E-state index is 0.0150. The molecule has 1 aliphatic heterocycles. The zero-order chi connectivity index (χ0) is 17.8. The van der Waals surface area contributed by atoms with Crippen molar-refractivity contribution in [1.82, 2.24) is 4.90 Å². The lowest BCUT2D eigenvalue weighted by molar-refractivity contribution is -0.385. The molecule has 1 amide bonds. The highest BCUT2D eigenvalue weighted by atomic mass is 16.6. The third kappa shape index (κ3) is 3.81. The number of nitro benzene ring substituents is 1. The van der Waals surface area contributed by atoms with Crippen LogP contribution in [-0.2, 0) is 4.79 Å². The Morgan fingerprint density at radius 1 is 1.28 bits per heavy atom. The maximum absolute atomic E-state index is 12.6. The molecular weight excluding hydrogens is 324 g/mol. The molecule has 2 atom stereocenters. The number of nitro groups is 1. The molecule has 25 heavy (non-hydrogen) atoms. The largest absolute Gasteiger partial charge is 0.477 e. The number of nitrogens with zero attached hydrogens (tertiary/aromatic N) is 2. The van der Waals surface area contributed by atoms with E-state index in [0.29, 0.717) is 12.2 Å². The molecule has 0 spiro atoms.